The molecule has 2 amide bonds. The number of carbonyl (C=O) groups is 2. The van der Waals surface area contributed by atoms with E-state index in [2.05, 4.69) is 15.9 Å². The van der Waals surface area contributed by atoms with E-state index in [0.717, 1.165) is 14.9 Å². The van der Waals surface area contributed by atoms with E-state index in [1.54, 1.807) is 24.9 Å². The van der Waals surface area contributed by atoms with Crippen molar-refractivity contribution in [1.82, 2.24) is 4.90 Å². The van der Waals surface area contributed by atoms with Gasteiger partial charge in [0.1, 0.15) is 0 Å². The van der Waals surface area contributed by atoms with Gasteiger partial charge in [-0.05, 0) is 42.8 Å². The summed E-state index contributed by atoms with van der Waals surface area (Å²) in [5, 5.41) is 0. The molecule has 3 nitrogen and oxygen atoms in total. The number of rotatable bonds is 3. The summed E-state index contributed by atoms with van der Waals surface area (Å²) in [6.45, 7) is 1.92. The maximum absolute atomic E-state index is 12.8. The maximum Gasteiger partial charge on any atom is 0.260 e. The van der Waals surface area contributed by atoms with Crippen LogP contribution in [0.25, 0.3) is 0 Å². The Morgan fingerprint density at radius 1 is 1.09 bits per heavy atom. The van der Waals surface area contributed by atoms with Crippen LogP contribution in [-0.2, 0) is 10.2 Å². The number of benzene rings is 2. The average Bonchev–Trinajstić information content (AvgIpc) is 2.58. The predicted molar refractivity (Wildman–Crippen MR) is 95.8 cm³/mol. The van der Waals surface area contributed by atoms with Crippen LogP contribution in [0.2, 0.25) is 0 Å². The first-order chi connectivity index (χ1) is 10.9. The van der Waals surface area contributed by atoms with Crippen molar-refractivity contribution in [2.24, 2.45) is 0 Å². The van der Waals surface area contributed by atoms with E-state index in [9.17, 15) is 9.59 Å². The Labute approximate surface area is 148 Å². The molecule has 118 valence electrons. The highest BCUT2D eigenvalue weighted by molar-refractivity contribution is 9.10. The van der Waals surface area contributed by atoms with Gasteiger partial charge in [-0.1, -0.05) is 34.1 Å². The first kappa shape index (κ1) is 16.3. The summed E-state index contributed by atoms with van der Waals surface area (Å²) in [5.41, 5.74) is 0.725. The van der Waals surface area contributed by atoms with Gasteiger partial charge in [0.15, 0.2) is 0 Å². The van der Waals surface area contributed by atoms with Crippen LogP contribution >= 0.6 is 27.7 Å². The molecular weight excluding hydrogens is 374 g/mol. The monoisotopic (exact) mass is 389 g/mol. The third-order valence-electron chi connectivity index (χ3n) is 4.17. The van der Waals surface area contributed by atoms with Gasteiger partial charge in [-0.3, -0.25) is 14.5 Å². The molecule has 0 spiro atoms. The molecule has 1 aliphatic rings. The zero-order valence-corrected chi connectivity index (χ0v) is 15.3. The third kappa shape index (κ3) is 2.83. The number of hydrogen-bond acceptors (Lipinski definition) is 3. The Hall–Kier alpha value is -1.59. The van der Waals surface area contributed by atoms with Crippen LogP contribution in [0.5, 0.6) is 0 Å². The summed E-state index contributed by atoms with van der Waals surface area (Å²) in [6.07, 6.45) is 0. The molecule has 3 rings (SSSR count). The second kappa shape index (κ2) is 6.13. The minimum absolute atomic E-state index is 0.147. The highest BCUT2D eigenvalue weighted by Gasteiger charge is 2.45. The SMILES string of the molecule is CN1C(=O)c2ccccc2C(C)(CSc2ccc(Br)cc2)C1=O. The van der Waals surface area contributed by atoms with Crippen molar-refractivity contribution in [3.63, 3.8) is 0 Å². The quantitative estimate of drug-likeness (QED) is 0.585. The maximum atomic E-state index is 12.8. The number of nitrogens with zero attached hydrogens (tertiary/aromatic N) is 1. The zero-order valence-electron chi connectivity index (χ0n) is 12.9. The molecule has 2 aromatic carbocycles. The minimum Gasteiger partial charge on any atom is -0.281 e. The Morgan fingerprint density at radius 2 is 1.74 bits per heavy atom. The molecule has 1 unspecified atom stereocenters. The number of thioether (sulfide) groups is 1. The fraction of sp³-hybridized carbons (Fsp3) is 0.222. The molecule has 1 atom stereocenters. The molecule has 5 heteroatoms. The fourth-order valence-electron chi connectivity index (χ4n) is 2.81. The molecule has 0 N–H and O–H groups in total. The number of halogens is 1. The van der Waals surface area contributed by atoms with E-state index in [4.69, 9.17) is 0 Å². The third-order valence-corrected chi connectivity index (χ3v) is 6.03. The topological polar surface area (TPSA) is 37.4 Å². The number of hydrogen-bond donors (Lipinski definition) is 0. The lowest BCUT2D eigenvalue weighted by atomic mass is 9.77. The van der Waals surface area contributed by atoms with Crippen LogP contribution in [-0.4, -0.2) is 29.5 Å². The van der Waals surface area contributed by atoms with Crippen LogP contribution in [0.3, 0.4) is 0 Å². The van der Waals surface area contributed by atoms with Crippen LogP contribution in [0, 0.1) is 0 Å². The lowest BCUT2D eigenvalue weighted by Gasteiger charge is -2.38. The van der Waals surface area contributed by atoms with Crippen LogP contribution in [0.1, 0.15) is 22.8 Å². The Morgan fingerprint density at radius 3 is 2.43 bits per heavy atom. The number of likely N-dealkylation sites (N-methyl/N-ethyl adjacent to an activating group) is 1. The smallest absolute Gasteiger partial charge is 0.260 e. The number of amides is 2. The fourth-order valence-corrected chi connectivity index (χ4v) is 4.13. The van der Waals surface area contributed by atoms with Gasteiger partial charge < -0.3 is 0 Å². The Kier molecular flexibility index (Phi) is 4.34. The lowest BCUT2D eigenvalue weighted by Crippen LogP contribution is -2.52. The van der Waals surface area contributed by atoms with Gasteiger partial charge >= 0.3 is 0 Å². The zero-order chi connectivity index (χ0) is 16.6. The Balaban J connectivity index is 1.95. The summed E-state index contributed by atoms with van der Waals surface area (Å²) < 4.78 is 1.03. The lowest BCUT2D eigenvalue weighted by molar-refractivity contribution is -0.132. The van der Waals surface area contributed by atoms with Crippen LogP contribution in [0.4, 0.5) is 0 Å². The van der Waals surface area contributed by atoms with Crippen molar-refractivity contribution in [3.05, 3.63) is 64.1 Å². The molecule has 1 aliphatic heterocycles. The standard InChI is InChI=1S/C18H16BrNO2S/c1-18(11-23-13-9-7-12(19)8-10-13)15-6-4-3-5-14(15)16(21)20(2)17(18)22/h3-10H,11H2,1-2H3. The summed E-state index contributed by atoms with van der Waals surface area (Å²) in [7, 11) is 1.56. The molecule has 0 saturated heterocycles. The molecule has 23 heavy (non-hydrogen) atoms. The van der Waals surface area contributed by atoms with Crippen molar-refractivity contribution in [2.45, 2.75) is 17.2 Å². The van der Waals surface area contributed by atoms with Crippen molar-refractivity contribution >= 4 is 39.5 Å². The van der Waals surface area contributed by atoms with Crippen LogP contribution < -0.4 is 0 Å². The van der Waals surface area contributed by atoms with E-state index in [0.29, 0.717) is 11.3 Å². The van der Waals surface area contributed by atoms with E-state index in [1.807, 2.05) is 49.4 Å². The highest BCUT2D eigenvalue weighted by atomic mass is 79.9. The average molecular weight is 390 g/mol. The summed E-state index contributed by atoms with van der Waals surface area (Å²) in [4.78, 5) is 27.4. The van der Waals surface area contributed by atoms with E-state index < -0.39 is 5.41 Å². The van der Waals surface area contributed by atoms with Gasteiger partial charge in [0.25, 0.3) is 5.91 Å². The second-order valence-electron chi connectivity index (χ2n) is 5.79. The molecule has 0 bridgehead atoms. The van der Waals surface area contributed by atoms with Crippen molar-refractivity contribution in [3.8, 4) is 0 Å². The van der Waals surface area contributed by atoms with Gasteiger partial charge in [0, 0.05) is 27.7 Å². The van der Waals surface area contributed by atoms with Crippen LogP contribution in [0.15, 0.2) is 57.9 Å². The number of imide groups is 1. The Bertz CT molecular complexity index is 775. The van der Waals surface area contributed by atoms with Crippen molar-refractivity contribution < 1.29 is 9.59 Å². The van der Waals surface area contributed by atoms with Gasteiger partial charge in [-0.15, -0.1) is 11.8 Å². The van der Waals surface area contributed by atoms with E-state index in [-0.39, 0.29) is 11.8 Å². The summed E-state index contributed by atoms with van der Waals surface area (Å²) in [5.74, 6) is 0.213. The highest BCUT2D eigenvalue weighted by Crippen LogP contribution is 2.38. The van der Waals surface area contributed by atoms with Crippen molar-refractivity contribution in [1.29, 1.82) is 0 Å². The summed E-state index contributed by atoms with van der Waals surface area (Å²) in [6, 6.07) is 15.4. The normalized spacial score (nSPS) is 20.6. The molecule has 0 aromatic heterocycles. The largest absolute Gasteiger partial charge is 0.281 e. The first-order valence-corrected chi connectivity index (χ1v) is 9.02. The number of fused-ring (bicyclic) bond motifs is 1. The molecule has 0 saturated carbocycles. The molecule has 0 radical (unpaired) electrons. The minimum atomic E-state index is -0.711. The van der Waals surface area contributed by atoms with E-state index >= 15 is 0 Å². The molecule has 0 aliphatic carbocycles. The number of carbonyl (C=O) groups excluding carboxylic acids is 2. The summed E-state index contributed by atoms with van der Waals surface area (Å²) >= 11 is 5.05. The second-order valence-corrected chi connectivity index (χ2v) is 7.75. The van der Waals surface area contributed by atoms with Gasteiger partial charge in [-0.2, -0.15) is 0 Å². The first-order valence-electron chi connectivity index (χ1n) is 7.24. The predicted octanol–water partition coefficient (Wildman–Crippen LogP) is 4.11. The molecule has 0 fully saturated rings. The van der Waals surface area contributed by atoms with Crippen molar-refractivity contribution in [2.75, 3.05) is 12.8 Å². The van der Waals surface area contributed by atoms with E-state index in [1.165, 1.54) is 4.90 Å². The molecule has 1 heterocycles. The van der Waals surface area contributed by atoms with Gasteiger partial charge in [0.2, 0.25) is 5.91 Å². The molecule has 2 aromatic rings. The van der Waals surface area contributed by atoms with Gasteiger partial charge in [-0.25, -0.2) is 0 Å². The molecular formula is C18H16BrNO2S. The van der Waals surface area contributed by atoms with Gasteiger partial charge in [0.05, 0.1) is 5.41 Å².